The molecule has 6 nitrogen and oxygen atoms in total. The van der Waals surface area contributed by atoms with E-state index in [9.17, 15) is 9.59 Å². The SMILES string of the molecule is O=C1OCCC1N1CCCC(C(=O)N2CCOCC2)C1. The molecule has 3 saturated heterocycles. The summed E-state index contributed by atoms with van der Waals surface area (Å²) in [6.45, 7) is 4.76. The van der Waals surface area contributed by atoms with Gasteiger partial charge in [-0.25, -0.2) is 0 Å². The summed E-state index contributed by atoms with van der Waals surface area (Å²) >= 11 is 0. The molecule has 0 aromatic heterocycles. The zero-order chi connectivity index (χ0) is 13.9. The summed E-state index contributed by atoms with van der Waals surface area (Å²) in [5.41, 5.74) is 0. The van der Waals surface area contributed by atoms with E-state index in [-0.39, 0.29) is 23.8 Å². The van der Waals surface area contributed by atoms with E-state index in [4.69, 9.17) is 9.47 Å². The fraction of sp³-hybridized carbons (Fsp3) is 0.857. The first kappa shape index (κ1) is 13.8. The Kier molecular flexibility index (Phi) is 4.21. The molecule has 2 unspecified atom stereocenters. The van der Waals surface area contributed by atoms with Gasteiger partial charge in [-0.2, -0.15) is 0 Å². The molecular formula is C14H22N2O4. The topological polar surface area (TPSA) is 59.1 Å². The molecule has 0 bridgehead atoms. The van der Waals surface area contributed by atoms with Crippen molar-refractivity contribution in [3.05, 3.63) is 0 Å². The van der Waals surface area contributed by atoms with Gasteiger partial charge in [-0.1, -0.05) is 0 Å². The third-order valence-electron chi connectivity index (χ3n) is 4.47. The molecule has 3 aliphatic heterocycles. The van der Waals surface area contributed by atoms with Crippen molar-refractivity contribution < 1.29 is 19.1 Å². The minimum atomic E-state index is -0.129. The normalized spacial score (nSPS) is 32.2. The number of ether oxygens (including phenoxy) is 2. The Morgan fingerprint density at radius 1 is 1.10 bits per heavy atom. The number of nitrogens with zero attached hydrogens (tertiary/aromatic N) is 2. The zero-order valence-electron chi connectivity index (χ0n) is 11.8. The molecule has 6 heteroatoms. The van der Waals surface area contributed by atoms with Gasteiger partial charge in [0.15, 0.2) is 0 Å². The van der Waals surface area contributed by atoms with Gasteiger partial charge >= 0.3 is 5.97 Å². The number of hydrogen-bond donors (Lipinski definition) is 0. The predicted octanol–water partition coefficient (Wildman–Crippen LogP) is -0.127. The molecule has 3 rings (SSSR count). The number of morpholine rings is 1. The van der Waals surface area contributed by atoms with Gasteiger partial charge in [0, 0.05) is 26.1 Å². The number of piperidine rings is 1. The molecular weight excluding hydrogens is 260 g/mol. The molecule has 0 aromatic carbocycles. The van der Waals surface area contributed by atoms with E-state index in [2.05, 4.69) is 4.90 Å². The Hall–Kier alpha value is -1.14. The molecule has 0 spiro atoms. The van der Waals surface area contributed by atoms with Gasteiger partial charge in [-0.05, 0) is 19.4 Å². The summed E-state index contributed by atoms with van der Waals surface area (Å²) < 4.78 is 10.3. The number of carbonyl (C=O) groups is 2. The number of rotatable bonds is 2. The van der Waals surface area contributed by atoms with Crippen LogP contribution in [0.5, 0.6) is 0 Å². The van der Waals surface area contributed by atoms with Crippen LogP contribution in [-0.4, -0.2) is 73.7 Å². The summed E-state index contributed by atoms with van der Waals surface area (Å²) in [7, 11) is 0. The van der Waals surface area contributed by atoms with Crippen molar-refractivity contribution >= 4 is 11.9 Å². The van der Waals surface area contributed by atoms with Gasteiger partial charge in [0.2, 0.25) is 5.91 Å². The Labute approximate surface area is 119 Å². The lowest BCUT2D eigenvalue weighted by Crippen LogP contribution is -2.51. The van der Waals surface area contributed by atoms with Crippen LogP contribution < -0.4 is 0 Å². The average Bonchev–Trinajstić information content (AvgIpc) is 2.94. The largest absolute Gasteiger partial charge is 0.464 e. The van der Waals surface area contributed by atoms with Gasteiger partial charge in [0.25, 0.3) is 0 Å². The molecule has 3 fully saturated rings. The third kappa shape index (κ3) is 2.81. The number of amides is 1. The van der Waals surface area contributed by atoms with E-state index in [1.54, 1.807) is 0 Å². The zero-order valence-corrected chi connectivity index (χ0v) is 11.8. The number of likely N-dealkylation sites (tertiary alicyclic amines) is 1. The number of carbonyl (C=O) groups excluding carboxylic acids is 2. The molecule has 0 radical (unpaired) electrons. The molecule has 0 saturated carbocycles. The quantitative estimate of drug-likeness (QED) is 0.661. The van der Waals surface area contributed by atoms with Crippen molar-refractivity contribution in [2.75, 3.05) is 46.0 Å². The lowest BCUT2D eigenvalue weighted by atomic mass is 9.94. The summed E-state index contributed by atoms with van der Waals surface area (Å²) in [4.78, 5) is 28.2. The Bertz CT molecular complexity index is 381. The lowest BCUT2D eigenvalue weighted by Gasteiger charge is -2.37. The second-order valence-corrected chi connectivity index (χ2v) is 5.74. The molecule has 1 amide bonds. The first-order valence-corrected chi connectivity index (χ1v) is 7.53. The van der Waals surface area contributed by atoms with Gasteiger partial charge in [0.05, 0.1) is 25.7 Å². The summed E-state index contributed by atoms with van der Waals surface area (Å²) in [5, 5.41) is 0. The Balaban J connectivity index is 1.59. The standard InChI is InChI=1S/C14H22N2O4/c17-13(15-5-8-19-9-6-15)11-2-1-4-16(10-11)12-3-7-20-14(12)18/h11-12H,1-10H2. The third-order valence-corrected chi connectivity index (χ3v) is 4.47. The van der Waals surface area contributed by atoms with Crippen LogP contribution in [0.2, 0.25) is 0 Å². The van der Waals surface area contributed by atoms with Crippen molar-refractivity contribution in [3.63, 3.8) is 0 Å². The highest BCUT2D eigenvalue weighted by atomic mass is 16.5. The fourth-order valence-electron chi connectivity index (χ4n) is 3.35. The maximum atomic E-state index is 12.5. The first-order valence-electron chi connectivity index (χ1n) is 7.53. The molecule has 3 aliphatic rings. The maximum absolute atomic E-state index is 12.5. The average molecular weight is 282 g/mol. The Morgan fingerprint density at radius 3 is 2.60 bits per heavy atom. The number of cyclic esters (lactones) is 1. The van der Waals surface area contributed by atoms with E-state index in [1.807, 2.05) is 4.90 Å². The van der Waals surface area contributed by atoms with Crippen LogP contribution in [0.4, 0.5) is 0 Å². The molecule has 20 heavy (non-hydrogen) atoms. The highest BCUT2D eigenvalue weighted by Gasteiger charge is 2.37. The minimum Gasteiger partial charge on any atom is -0.464 e. The van der Waals surface area contributed by atoms with Crippen LogP contribution in [0.15, 0.2) is 0 Å². The van der Waals surface area contributed by atoms with Gasteiger partial charge in [-0.15, -0.1) is 0 Å². The van der Waals surface area contributed by atoms with Gasteiger partial charge in [-0.3, -0.25) is 14.5 Å². The second-order valence-electron chi connectivity index (χ2n) is 5.74. The molecule has 112 valence electrons. The summed E-state index contributed by atoms with van der Waals surface area (Å²) in [5.74, 6) is 0.129. The van der Waals surface area contributed by atoms with Gasteiger partial charge in [0.1, 0.15) is 6.04 Å². The van der Waals surface area contributed by atoms with Crippen LogP contribution in [0.1, 0.15) is 19.3 Å². The predicted molar refractivity (Wildman–Crippen MR) is 71.1 cm³/mol. The maximum Gasteiger partial charge on any atom is 0.323 e. The molecule has 0 aliphatic carbocycles. The van der Waals surface area contributed by atoms with Crippen LogP contribution in [0.3, 0.4) is 0 Å². The summed E-state index contributed by atoms with van der Waals surface area (Å²) in [6, 6.07) is -0.129. The fourth-order valence-corrected chi connectivity index (χ4v) is 3.35. The van der Waals surface area contributed by atoms with E-state index < -0.39 is 0 Å². The Morgan fingerprint density at radius 2 is 1.90 bits per heavy atom. The van der Waals surface area contributed by atoms with Crippen molar-refractivity contribution in [3.8, 4) is 0 Å². The second kappa shape index (κ2) is 6.10. The van der Waals surface area contributed by atoms with Crippen molar-refractivity contribution in [1.82, 2.24) is 9.80 Å². The first-order chi connectivity index (χ1) is 9.75. The molecule has 0 aromatic rings. The van der Waals surface area contributed by atoms with Crippen LogP contribution in [-0.2, 0) is 19.1 Å². The van der Waals surface area contributed by atoms with Crippen LogP contribution in [0.25, 0.3) is 0 Å². The highest BCUT2D eigenvalue weighted by Crippen LogP contribution is 2.24. The lowest BCUT2D eigenvalue weighted by molar-refractivity contribution is -0.146. The monoisotopic (exact) mass is 282 g/mol. The van der Waals surface area contributed by atoms with Crippen LogP contribution >= 0.6 is 0 Å². The molecule has 0 N–H and O–H groups in total. The molecule has 3 heterocycles. The van der Waals surface area contributed by atoms with Crippen molar-refractivity contribution in [1.29, 1.82) is 0 Å². The van der Waals surface area contributed by atoms with E-state index in [0.29, 0.717) is 39.5 Å². The van der Waals surface area contributed by atoms with E-state index >= 15 is 0 Å². The smallest absolute Gasteiger partial charge is 0.323 e. The van der Waals surface area contributed by atoms with Crippen molar-refractivity contribution in [2.24, 2.45) is 5.92 Å². The minimum absolute atomic E-state index is 0.0234. The summed E-state index contributed by atoms with van der Waals surface area (Å²) in [6.07, 6.45) is 2.66. The number of esters is 1. The van der Waals surface area contributed by atoms with E-state index in [0.717, 1.165) is 25.8 Å². The highest BCUT2D eigenvalue weighted by molar-refractivity contribution is 5.80. The number of hydrogen-bond acceptors (Lipinski definition) is 5. The van der Waals surface area contributed by atoms with Gasteiger partial charge < -0.3 is 14.4 Å². The van der Waals surface area contributed by atoms with Crippen molar-refractivity contribution in [2.45, 2.75) is 25.3 Å². The molecule has 2 atom stereocenters. The van der Waals surface area contributed by atoms with Crippen LogP contribution in [0, 0.1) is 5.92 Å². The van der Waals surface area contributed by atoms with E-state index in [1.165, 1.54) is 0 Å².